The Balaban J connectivity index is 1.89. The fraction of sp³-hybridized carbons (Fsp3) is 0.276. The van der Waals surface area contributed by atoms with E-state index in [0.29, 0.717) is 0 Å². The van der Waals surface area contributed by atoms with Crippen molar-refractivity contribution in [2.75, 3.05) is 24.2 Å². The Morgan fingerprint density at radius 1 is 1.12 bits per heavy atom. The number of phenolic OH excluding ortho intramolecular Hbond substituents is 1. The number of hydrogen-bond donors (Lipinski definition) is 1. The standard InChI is InChI=1S/C29H28F2N6O5S/c1-6-23(39)35-13-15(2)36(16(3)14-35)28-18-12-20(31)25(24-19(30)8-7-9-21(24)38)33-27(18)37(29(40)34-28)26-17(4)32-11-10-22(26)43(5,41)42/h6-12,15-16,38H,1,13-14H2,2-5H3/t15-,16+. The van der Waals surface area contributed by atoms with E-state index in [1.54, 1.807) is 23.6 Å². The van der Waals surface area contributed by atoms with Gasteiger partial charge in [-0.2, -0.15) is 4.98 Å². The number of anilines is 1. The van der Waals surface area contributed by atoms with Crippen LogP contribution >= 0.6 is 0 Å². The third-order valence-corrected chi connectivity index (χ3v) is 8.50. The predicted molar refractivity (Wildman–Crippen MR) is 156 cm³/mol. The molecule has 11 nitrogen and oxygen atoms in total. The summed E-state index contributed by atoms with van der Waals surface area (Å²) >= 11 is 0. The molecule has 0 bridgehead atoms. The van der Waals surface area contributed by atoms with Crippen molar-refractivity contribution in [1.29, 1.82) is 0 Å². The summed E-state index contributed by atoms with van der Waals surface area (Å²) in [5.74, 6) is -2.80. The molecule has 1 amide bonds. The Kier molecular flexibility index (Phi) is 7.50. The average molecular weight is 611 g/mol. The fourth-order valence-corrected chi connectivity index (χ4v) is 6.48. The number of nitrogens with zero attached hydrogens (tertiary/aromatic N) is 6. The number of rotatable bonds is 5. The van der Waals surface area contributed by atoms with Gasteiger partial charge < -0.3 is 14.9 Å². The number of amides is 1. The number of phenols is 1. The first-order valence-corrected chi connectivity index (χ1v) is 15.1. The Labute approximate surface area is 245 Å². The summed E-state index contributed by atoms with van der Waals surface area (Å²) in [4.78, 5) is 42.1. The molecule has 1 aromatic carbocycles. The zero-order chi connectivity index (χ0) is 31.4. The number of aromatic hydroxyl groups is 1. The number of carbonyl (C=O) groups is 1. The van der Waals surface area contributed by atoms with Gasteiger partial charge in [0.15, 0.2) is 21.3 Å². The first-order valence-electron chi connectivity index (χ1n) is 13.2. The lowest BCUT2D eigenvalue weighted by atomic mass is 10.1. The van der Waals surface area contributed by atoms with Gasteiger partial charge in [-0.3, -0.25) is 9.78 Å². The molecule has 4 aromatic rings. The topological polar surface area (TPSA) is 139 Å². The van der Waals surface area contributed by atoms with E-state index in [1.165, 1.54) is 31.3 Å². The van der Waals surface area contributed by atoms with E-state index in [-0.39, 0.29) is 52.1 Å². The van der Waals surface area contributed by atoms with Crippen molar-refractivity contribution in [2.24, 2.45) is 0 Å². The van der Waals surface area contributed by atoms with Crippen LogP contribution in [0.15, 0.2) is 58.9 Å². The molecule has 1 aliphatic heterocycles. The average Bonchev–Trinajstić information content (AvgIpc) is 2.92. The maximum absolute atomic E-state index is 15.9. The van der Waals surface area contributed by atoms with Crippen LogP contribution < -0.4 is 10.6 Å². The molecule has 2 atom stereocenters. The molecule has 0 spiro atoms. The molecule has 1 saturated heterocycles. The SMILES string of the molecule is C=CC(=O)N1C[C@@H](C)N(c2nc(=O)n(-c3c(S(C)(=O)=O)ccnc3C)c3nc(-c4c(O)cccc4F)c(F)cc23)[C@@H](C)C1. The van der Waals surface area contributed by atoms with Gasteiger partial charge in [0.1, 0.15) is 23.1 Å². The molecule has 0 saturated carbocycles. The zero-order valence-corrected chi connectivity index (χ0v) is 24.6. The van der Waals surface area contributed by atoms with Crippen LogP contribution in [-0.4, -0.2) is 75.3 Å². The molecule has 1 N–H and O–H groups in total. The quantitative estimate of drug-likeness (QED) is 0.338. The van der Waals surface area contributed by atoms with Crippen molar-refractivity contribution in [3.8, 4) is 22.7 Å². The van der Waals surface area contributed by atoms with Crippen molar-refractivity contribution >= 4 is 32.6 Å². The van der Waals surface area contributed by atoms with Gasteiger partial charge in [-0.15, -0.1) is 0 Å². The molecule has 0 unspecified atom stereocenters. The van der Waals surface area contributed by atoms with Gasteiger partial charge in [0.25, 0.3) is 0 Å². The Bertz CT molecular complexity index is 1950. The molecule has 4 heterocycles. The van der Waals surface area contributed by atoms with Gasteiger partial charge in [0.05, 0.1) is 27.2 Å². The lowest BCUT2D eigenvalue weighted by molar-refractivity contribution is -0.127. The van der Waals surface area contributed by atoms with E-state index < -0.39 is 56.3 Å². The van der Waals surface area contributed by atoms with Gasteiger partial charge in [0.2, 0.25) is 5.91 Å². The van der Waals surface area contributed by atoms with Crippen molar-refractivity contribution < 1.29 is 27.1 Å². The maximum atomic E-state index is 15.9. The largest absolute Gasteiger partial charge is 0.507 e. The van der Waals surface area contributed by atoms with E-state index in [9.17, 15) is 27.5 Å². The highest BCUT2D eigenvalue weighted by molar-refractivity contribution is 7.90. The van der Waals surface area contributed by atoms with Crippen LogP contribution in [0, 0.1) is 18.6 Å². The van der Waals surface area contributed by atoms with Crippen LogP contribution in [0.5, 0.6) is 5.75 Å². The third kappa shape index (κ3) is 5.11. The van der Waals surface area contributed by atoms with Gasteiger partial charge in [0, 0.05) is 37.6 Å². The van der Waals surface area contributed by atoms with E-state index in [1.807, 2.05) is 0 Å². The van der Waals surface area contributed by atoms with Gasteiger partial charge in [-0.25, -0.2) is 31.5 Å². The minimum Gasteiger partial charge on any atom is -0.507 e. The lowest BCUT2D eigenvalue weighted by Crippen LogP contribution is -2.58. The summed E-state index contributed by atoms with van der Waals surface area (Å²) in [6.07, 6.45) is 3.44. The monoisotopic (exact) mass is 610 g/mol. The number of fused-ring (bicyclic) bond motifs is 1. The molecule has 5 rings (SSSR count). The van der Waals surface area contributed by atoms with E-state index in [4.69, 9.17) is 0 Å². The second kappa shape index (κ2) is 10.8. The number of aromatic nitrogens is 4. The van der Waals surface area contributed by atoms with Crippen LogP contribution in [-0.2, 0) is 14.6 Å². The second-order valence-corrected chi connectivity index (χ2v) is 12.4. The van der Waals surface area contributed by atoms with Gasteiger partial charge >= 0.3 is 5.69 Å². The van der Waals surface area contributed by atoms with E-state index in [0.717, 1.165) is 29.0 Å². The van der Waals surface area contributed by atoms with Crippen molar-refractivity contribution in [3.63, 3.8) is 0 Å². The summed E-state index contributed by atoms with van der Waals surface area (Å²) in [5, 5.41) is 10.4. The predicted octanol–water partition coefficient (Wildman–Crippen LogP) is 3.15. The fourth-order valence-electron chi connectivity index (χ4n) is 5.58. The van der Waals surface area contributed by atoms with E-state index >= 15 is 4.39 Å². The minimum atomic E-state index is -3.92. The van der Waals surface area contributed by atoms with Crippen LogP contribution in [0.4, 0.5) is 14.6 Å². The van der Waals surface area contributed by atoms with Gasteiger partial charge in [-0.05, 0) is 51.1 Å². The highest BCUT2D eigenvalue weighted by Crippen LogP contribution is 2.37. The number of sulfone groups is 1. The lowest BCUT2D eigenvalue weighted by Gasteiger charge is -2.45. The molecular weight excluding hydrogens is 582 g/mol. The molecule has 43 heavy (non-hydrogen) atoms. The number of benzene rings is 1. The molecule has 0 radical (unpaired) electrons. The number of hydrogen-bond acceptors (Lipinski definition) is 9. The van der Waals surface area contributed by atoms with Crippen LogP contribution in [0.1, 0.15) is 19.5 Å². The van der Waals surface area contributed by atoms with Crippen LogP contribution in [0.25, 0.3) is 28.0 Å². The summed E-state index contributed by atoms with van der Waals surface area (Å²) in [5.41, 5.74) is -2.33. The number of piperazine rings is 1. The molecule has 224 valence electrons. The first kappa shape index (κ1) is 29.8. The Morgan fingerprint density at radius 3 is 2.40 bits per heavy atom. The Hall–Kier alpha value is -4.72. The summed E-state index contributed by atoms with van der Waals surface area (Å²) < 4.78 is 57.3. The van der Waals surface area contributed by atoms with Crippen LogP contribution in [0.2, 0.25) is 0 Å². The highest BCUT2D eigenvalue weighted by atomic mass is 32.2. The van der Waals surface area contributed by atoms with E-state index in [2.05, 4.69) is 21.5 Å². The number of halogens is 2. The van der Waals surface area contributed by atoms with Gasteiger partial charge in [-0.1, -0.05) is 12.6 Å². The normalized spacial score (nSPS) is 17.3. The maximum Gasteiger partial charge on any atom is 0.355 e. The summed E-state index contributed by atoms with van der Waals surface area (Å²) in [7, 11) is -3.92. The molecular formula is C29H28F2N6O5S. The first-order chi connectivity index (χ1) is 20.2. The second-order valence-electron chi connectivity index (χ2n) is 10.4. The molecule has 0 aliphatic carbocycles. The molecule has 1 fully saturated rings. The summed E-state index contributed by atoms with van der Waals surface area (Å²) in [6, 6.07) is 4.86. The number of pyridine rings is 2. The zero-order valence-electron chi connectivity index (χ0n) is 23.7. The highest BCUT2D eigenvalue weighted by Gasteiger charge is 2.35. The third-order valence-electron chi connectivity index (χ3n) is 7.37. The number of carbonyl (C=O) groups excluding carboxylic acids is 1. The van der Waals surface area contributed by atoms with Crippen molar-refractivity contribution in [2.45, 2.75) is 37.8 Å². The van der Waals surface area contributed by atoms with Crippen molar-refractivity contribution in [3.05, 3.63) is 77.0 Å². The van der Waals surface area contributed by atoms with Crippen molar-refractivity contribution in [1.82, 2.24) is 24.4 Å². The Morgan fingerprint density at radius 2 is 1.79 bits per heavy atom. The number of aryl methyl sites for hydroxylation is 1. The van der Waals surface area contributed by atoms with Crippen LogP contribution in [0.3, 0.4) is 0 Å². The molecule has 1 aliphatic rings. The summed E-state index contributed by atoms with van der Waals surface area (Å²) in [6.45, 7) is 9.14. The minimum absolute atomic E-state index is 0.0154. The smallest absolute Gasteiger partial charge is 0.355 e. The molecule has 14 heteroatoms. The molecule has 3 aromatic heterocycles.